The molecule has 0 aliphatic carbocycles. The van der Waals surface area contributed by atoms with Gasteiger partial charge in [-0.1, -0.05) is 0 Å². The summed E-state index contributed by atoms with van der Waals surface area (Å²) in [5.41, 5.74) is 0. The number of carbonyl (C=O) groups is 1. The Morgan fingerprint density at radius 3 is 1.93 bits per heavy atom. The topological polar surface area (TPSA) is 17.1 Å². The molecule has 0 bridgehead atoms. The van der Waals surface area contributed by atoms with Gasteiger partial charge in [0.15, 0.2) is 0 Å². The van der Waals surface area contributed by atoms with Gasteiger partial charge in [0, 0.05) is 39.9 Å². The third-order valence-corrected chi connectivity index (χ3v) is 8.68. The number of thioether (sulfide) groups is 4. The van der Waals surface area contributed by atoms with Crippen molar-refractivity contribution in [1.82, 2.24) is 0 Å². The molecule has 0 aromatic heterocycles. The van der Waals surface area contributed by atoms with Gasteiger partial charge in [0.2, 0.25) is 0 Å². The van der Waals surface area contributed by atoms with Gasteiger partial charge in [0.05, 0.1) is 4.58 Å². The summed E-state index contributed by atoms with van der Waals surface area (Å²) >= 11 is 8.11. The number of carbonyl (C=O) groups excluding carboxylic acids is 1. The van der Waals surface area contributed by atoms with Crippen molar-refractivity contribution in [3.05, 3.63) is 0 Å². The van der Waals surface area contributed by atoms with Gasteiger partial charge < -0.3 is 4.79 Å². The van der Waals surface area contributed by atoms with Gasteiger partial charge in [0.1, 0.15) is 6.29 Å². The van der Waals surface area contributed by atoms with Crippen LogP contribution in [0.4, 0.5) is 0 Å². The van der Waals surface area contributed by atoms with Crippen LogP contribution in [-0.2, 0) is 4.79 Å². The molecule has 0 aromatic carbocycles. The predicted molar refractivity (Wildman–Crippen MR) is 71.9 cm³/mol. The molecule has 0 atom stereocenters. The van der Waals surface area contributed by atoms with E-state index < -0.39 is 0 Å². The normalized spacial score (nSPS) is 23.2. The van der Waals surface area contributed by atoms with Gasteiger partial charge in [-0.2, -0.15) is 23.5 Å². The minimum atomic E-state index is 0.532. The van der Waals surface area contributed by atoms with E-state index in [1.807, 2.05) is 47.0 Å². The first-order chi connectivity index (χ1) is 6.88. The van der Waals surface area contributed by atoms with Crippen molar-refractivity contribution in [3.63, 3.8) is 0 Å². The van der Waals surface area contributed by atoms with Crippen molar-refractivity contribution in [2.75, 3.05) is 23.0 Å². The molecular formula is C9H14OS4. The molecule has 0 aromatic rings. The van der Waals surface area contributed by atoms with Crippen LogP contribution in [0.5, 0.6) is 0 Å². The molecule has 0 spiro atoms. The zero-order valence-corrected chi connectivity index (χ0v) is 11.2. The molecule has 80 valence electrons. The smallest absolute Gasteiger partial charge is 0.121 e. The number of hydrogen-bond acceptors (Lipinski definition) is 5. The fourth-order valence-electron chi connectivity index (χ4n) is 1.24. The summed E-state index contributed by atoms with van der Waals surface area (Å²) in [5.74, 6) is 5.17. The highest BCUT2D eigenvalue weighted by Gasteiger charge is 2.27. The molecule has 0 radical (unpaired) electrons. The fraction of sp³-hybridized carbons (Fsp3) is 0.889. The molecule has 2 aliphatic heterocycles. The summed E-state index contributed by atoms with van der Waals surface area (Å²) in [5, 5.41) is 1.65. The highest BCUT2D eigenvalue weighted by Crippen LogP contribution is 2.42. The monoisotopic (exact) mass is 266 g/mol. The van der Waals surface area contributed by atoms with Crippen molar-refractivity contribution in [2.45, 2.75) is 21.5 Å². The first-order valence-electron chi connectivity index (χ1n) is 4.78. The Bertz CT molecular complexity index is 175. The maximum atomic E-state index is 10.6. The lowest BCUT2D eigenvalue weighted by Gasteiger charge is -2.32. The summed E-state index contributed by atoms with van der Waals surface area (Å²) in [6.45, 7) is 0. The van der Waals surface area contributed by atoms with E-state index in [1.165, 1.54) is 23.0 Å². The molecule has 0 saturated carbocycles. The summed E-state index contributed by atoms with van der Waals surface area (Å²) in [6.07, 6.45) is 1.82. The molecule has 2 rings (SSSR count). The zero-order valence-electron chi connectivity index (χ0n) is 7.89. The van der Waals surface area contributed by atoms with E-state index in [2.05, 4.69) is 0 Å². The van der Waals surface area contributed by atoms with E-state index in [0.717, 1.165) is 23.2 Å². The van der Waals surface area contributed by atoms with Gasteiger partial charge in [-0.05, 0) is 0 Å². The molecule has 1 nitrogen and oxygen atoms in total. The van der Waals surface area contributed by atoms with Crippen molar-refractivity contribution >= 4 is 53.3 Å². The minimum absolute atomic E-state index is 0.532. The van der Waals surface area contributed by atoms with Crippen molar-refractivity contribution in [3.8, 4) is 0 Å². The van der Waals surface area contributed by atoms with E-state index >= 15 is 0 Å². The molecule has 0 N–H and O–H groups in total. The van der Waals surface area contributed by atoms with Gasteiger partial charge in [-0.3, -0.25) is 0 Å². The Kier molecular flexibility index (Phi) is 4.92. The number of hydrogen-bond donors (Lipinski definition) is 0. The summed E-state index contributed by atoms with van der Waals surface area (Å²) < 4.78 is 0.532. The highest BCUT2D eigenvalue weighted by molar-refractivity contribution is 8.20. The third-order valence-electron chi connectivity index (χ3n) is 2.19. The standard InChI is InChI=1S/C9H14OS4/c10-2-1-9(13-7-3-11-4-7)14-8-5-12-6-8/h2,7-9H,1,3-6H2. The molecule has 14 heavy (non-hydrogen) atoms. The van der Waals surface area contributed by atoms with Crippen LogP contribution < -0.4 is 0 Å². The Morgan fingerprint density at radius 2 is 1.64 bits per heavy atom. The molecule has 2 fully saturated rings. The first kappa shape index (κ1) is 11.6. The predicted octanol–water partition coefficient (Wildman–Crippen LogP) is 2.60. The number of aldehydes is 1. The van der Waals surface area contributed by atoms with E-state index in [0.29, 0.717) is 4.58 Å². The van der Waals surface area contributed by atoms with Gasteiger partial charge in [-0.25, -0.2) is 0 Å². The average molecular weight is 266 g/mol. The van der Waals surface area contributed by atoms with E-state index in [4.69, 9.17) is 0 Å². The number of rotatable bonds is 6. The van der Waals surface area contributed by atoms with Gasteiger partial charge >= 0.3 is 0 Å². The molecule has 2 heterocycles. The van der Waals surface area contributed by atoms with Crippen LogP contribution in [0.15, 0.2) is 0 Å². The largest absolute Gasteiger partial charge is 0.303 e. The summed E-state index contributed by atoms with van der Waals surface area (Å²) in [6, 6.07) is 0. The maximum Gasteiger partial charge on any atom is 0.121 e. The second-order valence-electron chi connectivity index (χ2n) is 3.42. The van der Waals surface area contributed by atoms with Gasteiger partial charge in [0.25, 0.3) is 0 Å². The first-order valence-corrected chi connectivity index (χ1v) is 8.98. The van der Waals surface area contributed by atoms with Crippen LogP contribution in [0.25, 0.3) is 0 Å². The Hall–Kier alpha value is 1.07. The molecule has 0 amide bonds. The molecule has 2 aliphatic rings. The van der Waals surface area contributed by atoms with Crippen molar-refractivity contribution in [2.24, 2.45) is 0 Å². The van der Waals surface area contributed by atoms with E-state index in [1.54, 1.807) is 0 Å². The second kappa shape index (κ2) is 5.97. The lowest BCUT2D eigenvalue weighted by molar-refractivity contribution is -0.107. The van der Waals surface area contributed by atoms with Crippen LogP contribution in [0.1, 0.15) is 6.42 Å². The van der Waals surface area contributed by atoms with Crippen LogP contribution in [0.2, 0.25) is 0 Å². The van der Waals surface area contributed by atoms with Gasteiger partial charge in [-0.15, -0.1) is 23.5 Å². The Morgan fingerprint density at radius 1 is 1.14 bits per heavy atom. The Labute approximate surface area is 102 Å². The minimum Gasteiger partial charge on any atom is -0.303 e. The van der Waals surface area contributed by atoms with Crippen LogP contribution in [0.3, 0.4) is 0 Å². The highest BCUT2D eigenvalue weighted by atomic mass is 32.2. The average Bonchev–Trinajstić information content (AvgIpc) is 2.03. The lowest BCUT2D eigenvalue weighted by Crippen LogP contribution is -2.27. The van der Waals surface area contributed by atoms with Crippen LogP contribution in [-0.4, -0.2) is 44.4 Å². The molecule has 5 heteroatoms. The van der Waals surface area contributed by atoms with Crippen LogP contribution in [0, 0.1) is 0 Å². The SMILES string of the molecule is O=CCC(SC1CSC1)SC1CSC1. The summed E-state index contributed by atoms with van der Waals surface area (Å²) in [7, 11) is 0. The van der Waals surface area contributed by atoms with Crippen molar-refractivity contribution < 1.29 is 4.79 Å². The fourth-order valence-corrected chi connectivity index (χ4v) is 6.94. The maximum absolute atomic E-state index is 10.6. The second-order valence-corrected chi connectivity index (χ2v) is 8.89. The van der Waals surface area contributed by atoms with E-state index in [9.17, 15) is 4.79 Å². The van der Waals surface area contributed by atoms with Crippen LogP contribution >= 0.6 is 47.0 Å². The van der Waals surface area contributed by atoms with Crippen molar-refractivity contribution in [1.29, 1.82) is 0 Å². The lowest BCUT2D eigenvalue weighted by atomic mass is 10.5. The Balaban J connectivity index is 1.70. The molecule has 0 unspecified atom stereocenters. The third kappa shape index (κ3) is 3.29. The molecular weight excluding hydrogens is 252 g/mol. The summed E-state index contributed by atoms with van der Waals surface area (Å²) in [4.78, 5) is 10.6. The quantitative estimate of drug-likeness (QED) is 0.541. The molecule has 2 saturated heterocycles. The van der Waals surface area contributed by atoms with E-state index in [-0.39, 0.29) is 0 Å². The zero-order chi connectivity index (χ0) is 9.80.